The minimum Gasteiger partial charge on any atom is -0.506 e. The first kappa shape index (κ1) is 10.6. The van der Waals surface area contributed by atoms with Crippen LogP contribution < -0.4 is 0 Å². The van der Waals surface area contributed by atoms with Gasteiger partial charge in [-0.25, -0.2) is 4.98 Å². The summed E-state index contributed by atoms with van der Waals surface area (Å²) >= 11 is 0. The van der Waals surface area contributed by atoms with E-state index in [1.807, 2.05) is 26.8 Å². The van der Waals surface area contributed by atoms with E-state index in [9.17, 15) is 5.11 Å². The van der Waals surface area contributed by atoms with Gasteiger partial charge in [0.05, 0.1) is 0 Å². The Hall–Kier alpha value is -1.90. The van der Waals surface area contributed by atoms with Crippen LogP contribution in [0.25, 0.3) is 11.3 Å². The zero-order valence-corrected chi connectivity index (χ0v) is 9.65. The van der Waals surface area contributed by atoms with Crippen LogP contribution in [0.5, 0.6) is 5.75 Å². The Morgan fingerprint density at radius 3 is 2.56 bits per heavy atom. The molecule has 0 radical (unpaired) electrons. The van der Waals surface area contributed by atoms with Crippen LogP contribution in [0.1, 0.15) is 16.8 Å². The average molecular weight is 214 g/mol. The van der Waals surface area contributed by atoms with Gasteiger partial charge in [0.15, 0.2) is 0 Å². The number of pyridine rings is 2. The first-order valence-corrected chi connectivity index (χ1v) is 5.18. The largest absolute Gasteiger partial charge is 0.506 e. The highest BCUT2D eigenvalue weighted by atomic mass is 16.3. The molecule has 2 aromatic heterocycles. The van der Waals surface area contributed by atoms with Crippen molar-refractivity contribution >= 4 is 0 Å². The van der Waals surface area contributed by atoms with Gasteiger partial charge in [0.1, 0.15) is 11.4 Å². The van der Waals surface area contributed by atoms with Crippen LogP contribution in [0, 0.1) is 20.8 Å². The molecule has 1 N–H and O–H groups in total. The molecule has 0 spiro atoms. The molecular weight excluding hydrogens is 200 g/mol. The zero-order valence-electron chi connectivity index (χ0n) is 9.65. The number of aryl methyl sites for hydroxylation is 3. The molecule has 0 amide bonds. The summed E-state index contributed by atoms with van der Waals surface area (Å²) in [5, 5.41) is 9.90. The highest BCUT2D eigenvalue weighted by Gasteiger charge is 2.10. The summed E-state index contributed by atoms with van der Waals surface area (Å²) in [6.45, 7) is 5.85. The summed E-state index contributed by atoms with van der Waals surface area (Å²) in [7, 11) is 0. The molecule has 82 valence electrons. The summed E-state index contributed by atoms with van der Waals surface area (Å²) in [5.74, 6) is 0.208. The van der Waals surface area contributed by atoms with Crippen LogP contribution in [-0.4, -0.2) is 15.1 Å². The molecule has 2 aromatic rings. The quantitative estimate of drug-likeness (QED) is 0.794. The lowest BCUT2D eigenvalue weighted by atomic mass is 10.1. The maximum Gasteiger partial charge on any atom is 0.142 e. The van der Waals surface area contributed by atoms with Crippen molar-refractivity contribution in [3.63, 3.8) is 0 Å². The summed E-state index contributed by atoms with van der Waals surface area (Å²) in [4.78, 5) is 8.48. The second-order valence-corrected chi connectivity index (χ2v) is 3.95. The van der Waals surface area contributed by atoms with Crippen molar-refractivity contribution in [1.29, 1.82) is 0 Å². The third-order valence-electron chi connectivity index (χ3n) is 2.74. The van der Waals surface area contributed by atoms with Gasteiger partial charge in [-0.1, -0.05) is 0 Å². The number of aromatic hydroxyl groups is 1. The number of rotatable bonds is 1. The van der Waals surface area contributed by atoms with Crippen molar-refractivity contribution in [2.75, 3.05) is 0 Å². The van der Waals surface area contributed by atoms with Gasteiger partial charge in [0.2, 0.25) is 0 Å². The van der Waals surface area contributed by atoms with E-state index in [1.54, 1.807) is 18.5 Å². The molecule has 0 unspecified atom stereocenters. The molecule has 0 bridgehead atoms. The topological polar surface area (TPSA) is 46.0 Å². The standard InChI is InChI=1S/C13H14N2O/c1-8-4-5-14-7-11(8)13-12(16)6-9(2)10(3)15-13/h4-7,16H,1-3H3. The SMILES string of the molecule is Cc1ccncc1-c1nc(C)c(C)cc1O. The first-order valence-electron chi connectivity index (χ1n) is 5.18. The fraction of sp³-hybridized carbons (Fsp3) is 0.231. The highest BCUT2D eigenvalue weighted by Crippen LogP contribution is 2.30. The van der Waals surface area contributed by atoms with Crippen LogP contribution in [0.3, 0.4) is 0 Å². The number of nitrogens with zero attached hydrogens (tertiary/aromatic N) is 2. The molecule has 16 heavy (non-hydrogen) atoms. The van der Waals surface area contributed by atoms with Gasteiger partial charge < -0.3 is 5.11 Å². The van der Waals surface area contributed by atoms with Crippen molar-refractivity contribution in [2.24, 2.45) is 0 Å². The van der Waals surface area contributed by atoms with E-state index in [1.165, 1.54) is 0 Å². The lowest BCUT2D eigenvalue weighted by Gasteiger charge is -2.09. The average Bonchev–Trinajstić information content (AvgIpc) is 2.25. The fourth-order valence-corrected chi connectivity index (χ4v) is 1.60. The zero-order chi connectivity index (χ0) is 11.7. The van der Waals surface area contributed by atoms with E-state index in [0.29, 0.717) is 5.69 Å². The molecule has 2 rings (SSSR count). The highest BCUT2D eigenvalue weighted by molar-refractivity contribution is 5.68. The Labute approximate surface area is 94.8 Å². The third-order valence-corrected chi connectivity index (χ3v) is 2.74. The predicted molar refractivity (Wildman–Crippen MR) is 63.3 cm³/mol. The Morgan fingerprint density at radius 1 is 1.12 bits per heavy atom. The van der Waals surface area contributed by atoms with Gasteiger partial charge in [0, 0.05) is 23.7 Å². The molecule has 0 saturated carbocycles. The molecule has 3 nitrogen and oxygen atoms in total. The van der Waals surface area contributed by atoms with Crippen LogP contribution in [0.2, 0.25) is 0 Å². The Bertz CT molecular complexity index is 535. The first-order chi connectivity index (χ1) is 7.59. The second kappa shape index (κ2) is 3.93. The molecule has 2 heterocycles. The van der Waals surface area contributed by atoms with E-state index in [-0.39, 0.29) is 5.75 Å². The normalized spacial score (nSPS) is 10.4. The Balaban J connectivity index is 2.65. The lowest BCUT2D eigenvalue weighted by molar-refractivity contribution is 0.474. The fourth-order valence-electron chi connectivity index (χ4n) is 1.60. The van der Waals surface area contributed by atoms with Gasteiger partial charge in [-0.3, -0.25) is 4.98 Å². The minimum atomic E-state index is 0.208. The second-order valence-electron chi connectivity index (χ2n) is 3.95. The van der Waals surface area contributed by atoms with Crippen LogP contribution >= 0.6 is 0 Å². The molecule has 0 aliphatic rings. The van der Waals surface area contributed by atoms with Gasteiger partial charge in [-0.15, -0.1) is 0 Å². The smallest absolute Gasteiger partial charge is 0.142 e. The third kappa shape index (κ3) is 1.76. The summed E-state index contributed by atoms with van der Waals surface area (Å²) < 4.78 is 0. The van der Waals surface area contributed by atoms with Crippen LogP contribution in [0.4, 0.5) is 0 Å². The minimum absolute atomic E-state index is 0.208. The Morgan fingerprint density at radius 2 is 1.88 bits per heavy atom. The molecular formula is C13H14N2O. The van der Waals surface area contributed by atoms with E-state index in [2.05, 4.69) is 9.97 Å². The summed E-state index contributed by atoms with van der Waals surface area (Å²) in [6.07, 6.45) is 3.46. The van der Waals surface area contributed by atoms with Crippen LogP contribution in [-0.2, 0) is 0 Å². The van der Waals surface area contributed by atoms with Gasteiger partial charge in [-0.2, -0.15) is 0 Å². The van der Waals surface area contributed by atoms with Crippen molar-refractivity contribution < 1.29 is 5.11 Å². The molecule has 0 aliphatic carbocycles. The van der Waals surface area contributed by atoms with E-state index >= 15 is 0 Å². The predicted octanol–water partition coefficient (Wildman–Crippen LogP) is 2.77. The Kier molecular flexibility index (Phi) is 2.60. The van der Waals surface area contributed by atoms with E-state index < -0.39 is 0 Å². The molecule has 0 saturated heterocycles. The molecule has 0 fully saturated rings. The number of hydrogen-bond donors (Lipinski definition) is 1. The number of hydrogen-bond acceptors (Lipinski definition) is 3. The maximum atomic E-state index is 9.90. The van der Waals surface area contributed by atoms with Gasteiger partial charge in [-0.05, 0) is 44.0 Å². The lowest BCUT2D eigenvalue weighted by Crippen LogP contribution is -1.93. The summed E-state index contributed by atoms with van der Waals surface area (Å²) in [6, 6.07) is 3.65. The van der Waals surface area contributed by atoms with Gasteiger partial charge >= 0.3 is 0 Å². The van der Waals surface area contributed by atoms with E-state index in [0.717, 1.165) is 22.4 Å². The maximum absolute atomic E-state index is 9.90. The molecule has 0 aliphatic heterocycles. The summed E-state index contributed by atoms with van der Waals surface area (Å²) in [5.41, 5.74) is 4.46. The molecule has 3 heteroatoms. The van der Waals surface area contributed by atoms with Crippen LogP contribution in [0.15, 0.2) is 24.5 Å². The monoisotopic (exact) mass is 214 g/mol. The van der Waals surface area contributed by atoms with Gasteiger partial charge in [0.25, 0.3) is 0 Å². The molecule has 0 atom stereocenters. The van der Waals surface area contributed by atoms with E-state index in [4.69, 9.17) is 0 Å². The van der Waals surface area contributed by atoms with Crippen molar-refractivity contribution in [3.8, 4) is 17.0 Å². The van der Waals surface area contributed by atoms with Crippen molar-refractivity contribution in [1.82, 2.24) is 9.97 Å². The number of aromatic nitrogens is 2. The van der Waals surface area contributed by atoms with Crippen molar-refractivity contribution in [3.05, 3.63) is 41.3 Å². The van der Waals surface area contributed by atoms with Crippen molar-refractivity contribution in [2.45, 2.75) is 20.8 Å². The molecule has 0 aromatic carbocycles.